The minimum absolute atomic E-state index is 0.104. The third-order valence-electron chi connectivity index (χ3n) is 2.01. The van der Waals surface area contributed by atoms with E-state index in [2.05, 4.69) is 9.89 Å². The van der Waals surface area contributed by atoms with Gasteiger partial charge in [0.05, 0.1) is 12.8 Å². The maximum absolute atomic E-state index is 11.4. The summed E-state index contributed by atoms with van der Waals surface area (Å²) in [6.45, 7) is 0.370. The number of nitrogens with two attached hydrogens (primary N) is 1. The maximum atomic E-state index is 11.4. The number of rotatable bonds is 4. The lowest BCUT2D eigenvalue weighted by atomic mass is 9.98. The van der Waals surface area contributed by atoms with Crippen LogP contribution in [-0.4, -0.2) is 44.7 Å². The molecule has 0 bridgehead atoms. The van der Waals surface area contributed by atoms with Gasteiger partial charge in [-0.2, -0.15) is 0 Å². The van der Waals surface area contributed by atoms with Crippen molar-refractivity contribution < 1.29 is 19.1 Å². The zero-order chi connectivity index (χ0) is 10.6. The molecular formula is C8H14N2O4. The van der Waals surface area contributed by atoms with Gasteiger partial charge in [0.15, 0.2) is 0 Å². The first kappa shape index (κ1) is 10.9. The number of hydrogen-bond acceptors (Lipinski definition) is 6. The summed E-state index contributed by atoms with van der Waals surface area (Å²) in [5, 5.41) is 3.71. The fourth-order valence-corrected chi connectivity index (χ4v) is 1.32. The van der Waals surface area contributed by atoms with Crippen LogP contribution < -0.4 is 5.73 Å². The van der Waals surface area contributed by atoms with Crippen LogP contribution in [-0.2, 0) is 19.1 Å². The molecule has 0 amide bonds. The van der Waals surface area contributed by atoms with E-state index in [1.165, 1.54) is 14.2 Å². The molecule has 0 fully saturated rings. The van der Waals surface area contributed by atoms with Crippen molar-refractivity contribution in [3.8, 4) is 0 Å². The van der Waals surface area contributed by atoms with Gasteiger partial charge in [-0.1, -0.05) is 5.16 Å². The monoisotopic (exact) mass is 202 g/mol. The predicted molar refractivity (Wildman–Crippen MR) is 48.8 cm³/mol. The molecule has 0 radical (unpaired) electrons. The largest absolute Gasteiger partial charge is 0.466 e. The fraction of sp³-hybridized carbons (Fsp3) is 0.750. The molecule has 2 N–H and O–H groups in total. The highest BCUT2D eigenvalue weighted by molar-refractivity contribution is 5.94. The average Bonchev–Trinajstić information content (AvgIpc) is 2.62. The van der Waals surface area contributed by atoms with Gasteiger partial charge in [-0.3, -0.25) is 0 Å². The van der Waals surface area contributed by atoms with E-state index >= 15 is 0 Å². The molecule has 1 heterocycles. The lowest BCUT2D eigenvalue weighted by Crippen LogP contribution is -2.44. The smallest absolute Gasteiger partial charge is 0.355 e. The number of oxime groups is 1. The van der Waals surface area contributed by atoms with Gasteiger partial charge in [0.1, 0.15) is 6.61 Å². The summed E-state index contributed by atoms with van der Waals surface area (Å²) in [4.78, 5) is 16.5. The number of ether oxygens (including phenoxy) is 2. The zero-order valence-electron chi connectivity index (χ0n) is 8.28. The molecule has 0 aromatic carbocycles. The Labute approximate surface area is 82.0 Å². The van der Waals surface area contributed by atoms with Gasteiger partial charge in [-0.15, -0.1) is 0 Å². The van der Waals surface area contributed by atoms with E-state index in [1.807, 2.05) is 0 Å². The second kappa shape index (κ2) is 4.39. The van der Waals surface area contributed by atoms with E-state index in [0.717, 1.165) is 0 Å². The second-order valence-corrected chi connectivity index (χ2v) is 3.05. The van der Waals surface area contributed by atoms with E-state index in [9.17, 15) is 4.79 Å². The molecule has 1 atom stereocenters. The first-order valence-corrected chi connectivity index (χ1v) is 4.20. The van der Waals surface area contributed by atoms with Crippen LogP contribution in [0.15, 0.2) is 5.16 Å². The Hall–Kier alpha value is -1.14. The standard InChI is InChI=1S/C8H14N2O4/c1-12-5-8(7(11)13-2)3-6(4-9)10-14-8/h3-5,9H2,1-2H3. The molecule has 0 spiro atoms. The zero-order valence-corrected chi connectivity index (χ0v) is 8.28. The van der Waals surface area contributed by atoms with Crippen LogP contribution in [0.4, 0.5) is 0 Å². The van der Waals surface area contributed by atoms with Gasteiger partial charge in [0, 0.05) is 20.1 Å². The molecule has 0 aromatic rings. The number of methoxy groups -OCH3 is 2. The minimum atomic E-state index is -1.14. The van der Waals surface area contributed by atoms with Gasteiger partial charge < -0.3 is 20.0 Å². The van der Waals surface area contributed by atoms with Crippen LogP contribution in [0.3, 0.4) is 0 Å². The summed E-state index contributed by atoms with van der Waals surface area (Å²) in [7, 11) is 2.78. The summed E-state index contributed by atoms with van der Waals surface area (Å²) in [5.41, 5.74) is 4.88. The van der Waals surface area contributed by atoms with Crippen molar-refractivity contribution in [1.82, 2.24) is 0 Å². The van der Waals surface area contributed by atoms with E-state index < -0.39 is 11.6 Å². The van der Waals surface area contributed by atoms with Crippen molar-refractivity contribution in [1.29, 1.82) is 0 Å². The Morgan fingerprint density at radius 2 is 2.43 bits per heavy atom. The van der Waals surface area contributed by atoms with Gasteiger partial charge >= 0.3 is 5.97 Å². The SMILES string of the molecule is COCC1(C(=O)OC)CC(CN)=NO1. The molecule has 0 saturated carbocycles. The van der Waals surface area contributed by atoms with E-state index in [4.69, 9.17) is 15.3 Å². The normalized spacial score (nSPS) is 25.5. The fourth-order valence-electron chi connectivity index (χ4n) is 1.32. The highest BCUT2D eigenvalue weighted by atomic mass is 16.7. The predicted octanol–water partition coefficient (Wildman–Crippen LogP) is -0.720. The molecule has 6 heteroatoms. The molecule has 1 aliphatic heterocycles. The Kier molecular flexibility index (Phi) is 3.43. The molecule has 14 heavy (non-hydrogen) atoms. The number of nitrogens with zero attached hydrogens (tertiary/aromatic N) is 1. The Balaban J connectivity index is 2.73. The average molecular weight is 202 g/mol. The van der Waals surface area contributed by atoms with Crippen LogP contribution in [0.1, 0.15) is 6.42 Å². The first-order chi connectivity index (χ1) is 6.68. The maximum Gasteiger partial charge on any atom is 0.355 e. The van der Waals surface area contributed by atoms with Crippen LogP contribution >= 0.6 is 0 Å². The number of carbonyl (C=O) groups is 1. The summed E-state index contributed by atoms with van der Waals surface area (Å²) in [6, 6.07) is 0. The van der Waals surface area contributed by atoms with Crippen molar-refractivity contribution >= 4 is 11.7 Å². The van der Waals surface area contributed by atoms with E-state index in [-0.39, 0.29) is 13.2 Å². The van der Waals surface area contributed by atoms with Gasteiger partial charge in [-0.05, 0) is 0 Å². The van der Waals surface area contributed by atoms with Gasteiger partial charge in [-0.25, -0.2) is 4.79 Å². The van der Waals surface area contributed by atoms with Crippen molar-refractivity contribution in [2.75, 3.05) is 27.4 Å². The van der Waals surface area contributed by atoms with Crippen LogP contribution in [0, 0.1) is 0 Å². The minimum Gasteiger partial charge on any atom is -0.466 e. The lowest BCUT2D eigenvalue weighted by molar-refractivity contribution is -0.172. The molecule has 0 aromatic heterocycles. The Morgan fingerprint density at radius 3 is 2.86 bits per heavy atom. The Bertz CT molecular complexity index is 254. The topological polar surface area (TPSA) is 83.1 Å². The van der Waals surface area contributed by atoms with Crippen LogP contribution in [0.5, 0.6) is 0 Å². The van der Waals surface area contributed by atoms with Crippen molar-refractivity contribution in [3.05, 3.63) is 0 Å². The lowest BCUT2D eigenvalue weighted by Gasteiger charge is -2.22. The number of carbonyl (C=O) groups excluding carboxylic acids is 1. The highest BCUT2D eigenvalue weighted by Crippen LogP contribution is 2.25. The van der Waals surface area contributed by atoms with Gasteiger partial charge in [0.25, 0.3) is 5.60 Å². The summed E-state index contributed by atoms with van der Waals surface area (Å²) in [5.74, 6) is -0.494. The summed E-state index contributed by atoms with van der Waals surface area (Å²) < 4.78 is 9.53. The van der Waals surface area contributed by atoms with Crippen molar-refractivity contribution in [2.24, 2.45) is 10.9 Å². The van der Waals surface area contributed by atoms with Crippen LogP contribution in [0.25, 0.3) is 0 Å². The molecule has 1 rings (SSSR count). The van der Waals surface area contributed by atoms with Crippen molar-refractivity contribution in [3.63, 3.8) is 0 Å². The second-order valence-electron chi connectivity index (χ2n) is 3.05. The molecule has 0 saturated heterocycles. The van der Waals surface area contributed by atoms with E-state index in [1.54, 1.807) is 0 Å². The third-order valence-corrected chi connectivity index (χ3v) is 2.01. The van der Waals surface area contributed by atoms with Crippen LogP contribution in [0.2, 0.25) is 0 Å². The highest BCUT2D eigenvalue weighted by Gasteiger charge is 2.47. The summed E-state index contributed by atoms with van der Waals surface area (Å²) >= 11 is 0. The third kappa shape index (κ3) is 1.85. The first-order valence-electron chi connectivity index (χ1n) is 4.20. The molecule has 80 valence electrons. The molecular weight excluding hydrogens is 188 g/mol. The van der Waals surface area contributed by atoms with Gasteiger partial charge in [0.2, 0.25) is 0 Å². The number of hydrogen-bond donors (Lipinski definition) is 1. The molecule has 1 aliphatic rings. The number of esters is 1. The summed E-state index contributed by atoms with van der Waals surface area (Å²) in [6.07, 6.45) is 0.323. The molecule has 1 unspecified atom stereocenters. The van der Waals surface area contributed by atoms with Crippen molar-refractivity contribution in [2.45, 2.75) is 12.0 Å². The molecule has 0 aliphatic carbocycles. The quantitative estimate of drug-likeness (QED) is 0.608. The Morgan fingerprint density at radius 1 is 1.71 bits per heavy atom. The van der Waals surface area contributed by atoms with E-state index in [0.29, 0.717) is 12.1 Å². The molecule has 6 nitrogen and oxygen atoms in total.